The molecule has 0 spiro atoms. The highest BCUT2D eigenvalue weighted by Gasteiger charge is 2.16. The summed E-state index contributed by atoms with van der Waals surface area (Å²) in [5, 5.41) is 11.3. The number of hydrogen-bond acceptors (Lipinski definition) is 5. The van der Waals surface area contributed by atoms with Crippen LogP contribution in [0.25, 0.3) is 10.9 Å². The fraction of sp³-hybridized carbons (Fsp3) is 0.0625. The molecule has 0 aliphatic carbocycles. The van der Waals surface area contributed by atoms with Crippen molar-refractivity contribution in [1.29, 1.82) is 0 Å². The second-order valence-electron chi connectivity index (χ2n) is 4.77. The predicted molar refractivity (Wildman–Crippen MR) is 80.8 cm³/mol. The van der Waals surface area contributed by atoms with Gasteiger partial charge < -0.3 is 0 Å². The van der Waals surface area contributed by atoms with Crippen LogP contribution in [0.2, 0.25) is 0 Å². The van der Waals surface area contributed by atoms with Crippen LogP contribution in [-0.2, 0) is 0 Å². The van der Waals surface area contributed by atoms with Crippen molar-refractivity contribution in [3.05, 3.63) is 75.7 Å². The third kappa shape index (κ3) is 2.42. The normalized spacial score (nSPS) is 10.6. The molecule has 1 heterocycles. The van der Waals surface area contributed by atoms with E-state index in [2.05, 4.69) is 9.97 Å². The average molecular weight is 293 g/mol. The first-order valence-corrected chi connectivity index (χ1v) is 6.59. The first kappa shape index (κ1) is 13.8. The van der Waals surface area contributed by atoms with E-state index >= 15 is 0 Å². The zero-order chi connectivity index (χ0) is 15.7. The van der Waals surface area contributed by atoms with Gasteiger partial charge in [0, 0.05) is 23.1 Å². The van der Waals surface area contributed by atoms with Gasteiger partial charge >= 0.3 is 0 Å². The molecular weight excluding hydrogens is 282 g/mol. The van der Waals surface area contributed by atoms with E-state index in [0.717, 1.165) is 0 Å². The molecule has 0 radical (unpaired) electrons. The molecule has 3 aromatic rings. The maximum Gasteiger partial charge on any atom is 0.269 e. The van der Waals surface area contributed by atoms with Crippen molar-refractivity contribution in [1.82, 2.24) is 9.97 Å². The molecule has 0 saturated carbocycles. The third-order valence-electron chi connectivity index (χ3n) is 3.27. The second kappa shape index (κ2) is 5.33. The lowest BCUT2D eigenvalue weighted by Crippen LogP contribution is -2.07. The van der Waals surface area contributed by atoms with Gasteiger partial charge in [0.1, 0.15) is 11.5 Å². The SMILES string of the molecule is Cc1nc(C(=O)c2ccc([N+](=O)[O-])cc2)c2ccccc2n1. The predicted octanol–water partition coefficient (Wildman–Crippen LogP) is 3.08. The van der Waals surface area contributed by atoms with Crippen molar-refractivity contribution in [2.24, 2.45) is 0 Å². The third-order valence-corrected chi connectivity index (χ3v) is 3.27. The smallest absolute Gasteiger partial charge is 0.269 e. The molecule has 3 rings (SSSR count). The van der Waals surface area contributed by atoms with Crippen LogP contribution in [0, 0.1) is 17.0 Å². The summed E-state index contributed by atoms with van der Waals surface area (Å²) < 4.78 is 0. The van der Waals surface area contributed by atoms with Gasteiger partial charge in [-0.2, -0.15) is 0 Å². The Balaban J connectivity index is 2.10. The van der Waals surface area contributed by atoms with Crippen LogP contribution in [0.15, 0.2) is 48.5 Å². The van der Waals surface area contributed by atoms with Gasteiger partial charge in [-0.3, -0.25) is 14.9 Å². The van der Waals surface area contributed by atoms with Gasteiger partial charge in [0.15, 0.2) is 0 Å². The summed E-state index contributed by atoms with van der Waals surface area (Å²) in [6.45, 7) is 1.72. The van der Waals surface area contributed by atoms with E-state index in [4.69, 9.17) is 0 Å². The molecule has 22 heavy (non-hydrogen) atoms. The van der Waals surface area contributed by atoms with Crippen LogP contribution < -0.4 is 0 Å². The van der Waals surface area contributed by atoms with E-state index in [1.165, 1.54) is 24.3 Å². The number of benzene rings is 2. The molecule has 0 amide bonds. The molecule has 6 nitrogen and oxygen atoms in total. The molecule has 0 aliphatic heterocycles. The van der Waals surface area contributed by atoms with E-state index in [1.54, 1.807) is 13.0 Å². The summed E-state index contributed by atoms with van der Waals surface area (Å²) in [5.74, 6) is 0.223. The molecule has 0 fully saturated rings. The summed E-state index contributed by atoms with van der Waals surface area (Å²) in [6.07, 6.45) is 0. The number of hydrogen-bond donors (Lipinski definition) is 0. The van der Waals surface area contributed by atoms with Crippen LogP contribution in [0.1, 0.15) is 21.9 Å². The van der Waals surface area contributed by atoms with Gasteiger partial charge in [-0.15, -0.1) is 0 Å². The number of nitro groups is 1. The molecule has 2 aromatic carbocycles. The number of para-hydroxylation sites is 1. The van der Waals surface area contributed by atoms with E-state index in [-0.39, 0.29) is 11.5 Å². The summed E-state index contributed by atoms with van der Waals surface area (Å²) in [4.78, 5) is 31.3. The number of carbonyl (C=O) groups is 1. The van der Waals surface area contributed by atoms with Gasteiger partial charge in [0.2, 0.25) is 5.78 Å². The minimum absolute atomic E-state index is 0.0553. The minimum atomic E-state index is -0.501. The van der Waals surface area contributed by atoms with Gasteiger partial charge in [-0.25, -0.2) is 9.97 Å². The minimum Gasteiger partial charge on any atom is -0.287 e. The Kier molecular flexibility index (Phi) is 3.34. The number of aromatic nitrogens is 2. The Morgan fingerprint density at radius 1 is 1.05 bits per heavy atom. The average Bonchev–Trinajstić information content (AvgIpc) is 2.53. The van der Waals surface area contributed by atoms with Gasteiger partial charge in [0.05, 0.1) is 10.4 Å². The standard InChI is InChI=1S/C16H11N3O3/c1-10-17-14-5-3-2-4-13(14)15(18-10)16(20)11-6-8-12(9-7-11)19(21)22/h2-9H,1H3. The van der Waals surface area contributed by atoms with Gasteiger partial charge in [0.25, 0.3) is 5.69 Å². The first-order chi connectivity index (χ1) is 10.6. The van der Waals surface area contributed by atoms with Crippen LogP contribution in [0.4, 0.5) is 5.69 Å². The second-order valence-corrected chi connectivity index (χ2v) is 4.77. The zero-order valence-electron chi connectivity index (χ0n) is 11.7. The highest BCUT2D eigenvalue weighted by molar-refractivity contribution is 6.14. The number of rotatable bonds is 3. The molecule has 0 atom stereocenters. The molecule has 0 aliphatic rings. The maximum absolute atomic E-state index is 12.6. The maximum atomic E-state index is 12.6. The van der Waals surface area contributed by atoms with Crippen molar-refractivity contribution >= 4 is 22.4 Å². The molecule has 0 saturated heterocycles. The molecule has 0 bridgehead atoms. The van der Waals surface area contributed by atoms with Crippen molar-refractivity contribution in [2.45, 2.75) is 6.92 Å². The highest BCUT2D eigenvalue weighted by Crippen LogP contribution is 2.20. The monoisotopic (exact) mass is 293 g/mol. The van der Waals surface area contributed by atoms with E-state index < -0.39 is 4.92 Å². The molecule has 0 N–H and O–H groups in total. The quantitative estimate of drug-likeness (QED) is 0.421. The molecular formula is C16H11N3O3. The Bertz CT molecular complexity index is 889. The number of non-ortho nitro benzene ring substituents is 1. The van der Waals surface area contributed by atoms with Crippen molar-refractivity contribution in [3.8, 4) is 0 Å². The lowest BCUT2D eigenvalue weighted by Gasteiger charge is -2.06. The van der Waals surface area contributed by atoms with Crippen LogP contribution >= 0.6 is 0 Å². The first-order valence-electron chi connectivity index (χ1n) is 6.59. The number of carbonyl (C=O) groups excluding carboxylic acids is 1. The number of fused-ring (bicyclic) bond motifs is 1. The largest absolute Gasteiger partial charge is 0.287 e. The fourth-order valence-corrected chi connectivity index (χ4v) is 2.24. The Hall–Kier alpha value is -3.15. The van der Waals surface area contributed by atoms with Crippen LogP contribution in [0.5, 0.6) is 0 Å². The summed E-state index contributed by atoms with van der Waals surface area (Å²) in [5.41, 5.74) is 1.30. The van der Waals surface area contributed by atoms with Crippen molar-refractivity contribution < 1.29 is 9.72 Å². The fourth-order valence-electron chi connectivity index (χ4n) is 2.24. The molecule has 0 unspecified atom stereocenters. The molecule has 6 heteroatoms. The van der Waals surface area contributed by atoms with E-state index in [9.17, 15) is 14.9 Å². The van der Waals surface area contributed by atoms with Gasteiger partial charge in [-0.05, 0) is 25.1 Å². The Morgan fingerprint density at radius 2 is 1.73 bits per heavy atom. The van der Waals surface area contributed by atoms with Crippen molar-refractivity contribution in [3.63, 3.8) is 0 Å². The summed E-state index contributed by atoms with van der Waals surface area (Å²) in [7, 11) is 0. The van der Waals surface area contributed by atoms with E-state index in [0.29, 0.717) is 28.0 Å². The number of nitro benzene ring substituents is 1. The highest BCUT2D eigenvalue weighted by atomic mass is 16.6. The number of ketones is 1. The van der Waals surface area contributed by atoms with Crippen molar-refractivity contribution in [2.75, 3.05) is 0 Å². The van der Waals surface area contributed by atoms with Gasteiger partial charge in [-0.1, -0.05) is 18.2 Å². The molecule has 108 valence electrons. The van der Waals surface area contributed by atoms with Crippen LogP contribution in [0.3, 0.4) is 0 Å². The summed E-state index contributed by atoms with van der Waals surface area (Å²) in [6, 6.07) is 12.7. The topological polar surface area (TPSA) is 86.0 Å². The van der Waals surface area contributed by atoms with E-state index in [1.807, 2.05) is 18.2 Å². The number of aryl methyl sites for hydroxylation is 1. The molecule has 1 aromatic heterocycles. The van der Waals surface area contributed by atoms with Crippen LogP contribution in [-0.4, -0.2) is 20.7 Å². The Labute approximate surface area is 125 Å². The Morgan fingerprint density at radius 3 is 2.41 bits per heavy atom. The number of nitrogens with zero attached hydrogens (tertiary/aromatic N) is 3. The lowest BCUT2D eigenvalue weighted by molar-refractivity contribution is -0.384. The zero-order valence-corrected chi connectivity index (χ0v) is 11.7. The lowest BCUT2D eigenvalue weighted by atomic mass is 10.0. The summed E-state index contributed by atoms with van der Waals surface area (Å²) >= 11 is 0.